The Hall–Kier alpha value is -2.03. The van der Waals surface area contributed by atoms with E-state index < -0.39 is 15.8 Å². The Morgan fingerprint density at radius 2 is 2.00 bits per heavy atom. The summed E-state index contributed by atoms with van der Waals surface area (Å²) in [5.41, 5.74) is 1.79. The first-order valence-electron chi connectivity index (χ1n) is 7.69. The predicted octanol–water partition coefficient (Wildman–Crippen LogP) is 3.27. The van der Waals surface area contributed by atoms with E-state index in [1.165, 1.54) is 29.5 Å². The molecule has 0 spiro atoms. The van der Waals surface area contributed by atoms with Crippen LogP contribution in [0.1, 0.15) is 22.3 Å². The molecule has 8 heteroatoms. The van der Waals surface area contributed by atoms with Gasteiger partial charge in [-0.15, -0.1) is 11.3 Å². The summed E-state index contributed by atoms with van der Waals surface area (Å²) in [6.45, 7) is 3.89. The summed E-state index contributed by atoms with van der Waals surface area (Å²) in [5.74, 6) is -0.770. The van der Waals surface area contributed by atoms with Crippen LogP contribution in [0.25, 0.3) is 0 Å². The van der Waals surface area contributed by atoms with Gasteiger partial charge >= 0.3 is 0 Å². The van der Waals surface area contributed by atoms with E-state index >= 15 is 0 Å². The maximum Gasteiger partial charge on any atom is 0.243 e. The van der Waals surface area contributed by atoms with Gasteiger partial charge in [-0.05, 0) is 43.5 Å². The molecule has 1 atom stereocenters. The summed E-state index contributed by atoms with van der Waals surface area (Å²) in [5, 5.41) is 6.40. The highest BCUT2D eigenvalue weighted by Gasteiger charge is 2.23. The molecule has 0 amide bonds. The molecular formula is C17H18FN3O2S2. The van der Waals surface area contributed by atoms with Crippen LogP contribution >= 0.6 is 11.3 Å². The molecule has 0 saturated carbocycles. The lowest BCUT2D eigenvalue weighted by atomic mass is 10.2. The molecule has 25 heavy (non-hydrogen) atoms. The Bertz CT molecular complexity index is 966. The van der Waals surface area contributed by atoms with Crippen LogP contribution in [0, 0.1) is 19.7 Å². The van der Waals surface area contributed by atoms with Gasteiger partial charge in [0.2, 0.25) is 10.0 Å². The average Bonchev–Trinajstić information content (AvgIpc) is 3.18. The second kappa shape index (κ2) is 7.07. The number of hydrogen-bond acceptors (Lipinski definition) is 4. The molecule has 0 aliphatic heterocycles. The standard InChI is InChI=1S/C17H18FN3O2S2/c1-12-10-13(2)21(20-12)15(16-7-5-9-24-16)11-19-25(22,23)17-8-4-3-6-14(17)18/h3-10,15,19H,11H2,1-2H3. The Morgan fingerprint density at radius 3 is 2.60 bits per heavy atom. The number of rotatable bonds is 6. The topological polar surface area (TPSA) is 64.0 Å². The van der Waals surface area contributed by atoms with Crippen molar-refractivity contribution in [2.75, 3.05) is 6.54 Å². The normalized spacial score (nSPS) is 13.1. The molecule has 1 N–H and O–H groups in total. The molecule has 3 rings (SSSR count). The van der Waals surface area contributed by atoms with Crippen LogP contribution in [0.2, 0.25) is 0 Å². The van der Waals surface area contributed by atoms with Crippen molar-refractivity contribution < 1.29 is 12.8 Å². The Balaban J connectivity index is 1.90. The molecule has 2 heterocycles. The molecule has 0 radical (unpaired) electrons. The fourth-order valence-electron chi connectivity index (χ4n) is 2.68. The zero-order valence-corrected chi connectivity index (χ0v) is 15.4. The van der Waals surface area contributed by atoms with Gasteiger partial charge in [0.1, 0.15) is 10.7 Å². The summed E-state index contributed by atoms with van der Waals surface area (Å²) < 4.78 is 43.1. The summed E-state index contributed by atoms with van der Waals surface area (Å²) in [6, 6.07) is 10.8. The summed E-state index contributed by atoms with van der Waals surface area (Å²) in [7, 11) is -3.95. The van der Waals surface area contributed by atoms with Crippen LogP contribution in [-0.4, -0.2) is 24.7 Å². The maximum absolute atomic E-state index is 13.8. The number of hydrogen-bond donors (Lipinski definition) is 1. The number of benzene rings is 1. The monoisotopic (exact) mass is 379 g/mol. The van der Waals surface area contributed by atoms with Crippen molar-refractivity contribution in [3.05, 3.63) is 69.9 Å². The molecule has 5 nitrogen and oxygen atoms in total. The molecule has 2 aromatic heterocycles. The Morgan fingerprint density at radius 1 is 1.24 bits per heavy atom. The van der Waals surface area contributed by atoms with Gasteiger partial charge in [-0.2, -0.15) is 5.10 Å². The third kappa shape index (κ3) is 3.81. The molecule has 0 bridgehead atoms. The van der Waals surface area contributed by atoms with E-state index in [1.807, 2.05) is 37.4 Å². The smallest absolute Gasteiger partial charge is 0.243 e. The van der Waals surface area contributed by atoms with Gasteiger partial charge in [-0.25, -0.2) is 17.5 Å². The number of nitrogens with zero attached hydrogens (tertiary/aromatic N) is 2. The number of nitrogens with one attached hydrogen (secondary N) is 1. The molecule has 0 saturated heterocycles. The van der Waals surface area contributed by atoms with Crippen LogP contribution < -0.4 is 4.72 Å². The van der Waals surface area contributed by atoms with Gasteiger partial charge in [-0.3, -0.25) is 4.68 Å². The van der Waals surface area contributed by atoms with Crippen LogP contribution in [0.3, 0.4) is 0 Å². The van der Waals surface area contributed by atoms with E-state index in [4.69, 9.17) is 0 Å². The van der Waals surface area contributed by atoms with Crippen molar-refractivity contribution in [2.24, 2.45) is 0 Å². The van der Waals surface area contributed by atoms with Gasteiger partial charge in [0, 0.05) is 17.1 Å². The number of halogens is 1. The van der Waals surface area contributed by atoms with Crippen molar-refractivity contribution in [3.63, 3.8) is 0 Å². The van der Waals surface area contributed by atoms with Crippen molar-refractivity contribution in [1.29, 1.82) is 0 Å². The van der Waals surface area contributed by atoms with E-state index in [-0.39, 0.29) is 17.5 Å². The van der Waals surface area contributed by atoms with Crippen LogP contribution in [0.4, 0.5) is 4.39 Å². The minimum atomic E-state index is -3.95. The van der Waals surface area contributed by atoms with E-state index in [1.54, 1.807) is 4.68 Å². The van der Waals surface area contributed by atoms with E-state index in [9.17, 15) is 12.8 Å². The molecule has 3 aromatic rings. The molecule has 1 aromatic carbocycles. The zero-order valence-electron chi connectivity index (χ0n) is 13.8. The predicted molar refractivity (Wildman–Crippen MR) is 95.7 cm³/mol. The first-order valence-corrected chi connectivity index (χ1v) is 10.0. The summed E-state index contributed by atoms with van der Waals surface area (Å²) in [4.78, 5) is 0.621. The van der Waals surface area contributed by atoms with Gasteiger partial charge in [-0.1, -0.05) is 18.2 Å². The molecular weight excluding hydrogens is 361 g/mol. The second-order valence-electron chi connectivity index (χ2n) is 5.69. The van der Waals surface area contributed by atoms with Crippen molar-refractivity contribution in [3.8, 4) is 0 Å². The third-order valence-electron chi connectivity index (χ3n) is 3.80. The average molecular weight is 379 g/mol. The molecule has 0 aliphatic carbocycles. The molecule has 0 fully saturated rings. The SMILES string of the molecule is Cc1cc(C)n(C(CNS(=O)(=O)c2ccccc2F)c2cccs2)n1. The fourth-order valence-corrected chi connectivity index (χ4v) is 4.61. The third-order valence-corrected chi connectivity index (χ3v) is 6.23. The van der Waals surface area contributed by atoms with E-state index in [0.29, 0.717) is 0 Å². The van der Waals surface area contributed by atoms with Crippen LogP contribution in [0.15, 0.2) is 52.7 Å². The second-order valence-corrected chi connectivity index (χ2v) is 8.40. The van der Waals surface area contributed by atoms with Crippen molar-refractivity contribution >= 4 is 21.4 Å². The minimum Gasteiger partial charge on any atom is -0.260 e. The van der Waals surface area contributed by atoms with E-state index in [2.05, 4.69) is 9.82 Å². The quantitative estimate of drug-likeness (QED) is 0.715. The van der Waals surface area contributed by atoms with Crippen molar-refractivity contribution in [1.82, 2.24) is 14.5 Å². The molecule has 0 aliphatic rings. The van der Waals surface area contributed by atoms with Crippen LogP contribution in [0.5, 0.6) is 0 Å². The first kappa shape index (κ1) is 17.8. The number of aromatic nitrogens is 2. The fraction of sp³-hybridized carbons (Fsp3) is 0.235. The summed E-state index contributed by atoms with van der Waals surface area (Å²) in [6.07, 6.45) is 0. The molecule has 1 unspecified atom stereocenters. The van der Waals surface area contributed by atoms with Gasteiger partial charge in [0.15, 0.2) is 0 Å². The Kier molecular flexibility index (Phi) is 5.03. The van der Waals surface area contributed by atoms with Gasteiger partial charge in [0.05, 0.1) is 11.7 Å². The van der Waals surface area contributed by atoms with Crippen molar-refractivity contribution in [2.45, 2.75) is 24.8 Å². The summed E-state index contributed by atoms with van der Waals surface area (Å²) >= 11 is 1.52. The lowest BCUT2D eigenvalue weighted by Crippen LogP contribution is -2.32. The highest BCUT2D eigenvalue weighted by Crippen LogP contribution is 2.25. The lowest BCUT2D eigenvalue weighted by Gasteiger charge is -2.19. The maximum atomic E-state index is 13.8. The van der Waals surface area contributed by atoms with Gasteiger partial charge in [0.25, 0.3) is 0 Å². The highest BCUT2D eigenvalue weighted by molar-refractivity contribution is 7.89. The Labute approximate surface area is 150 Å². The minimum absolute atomic E-state index is 0.0825. The first-order chi connectivity index (χ1) is 11.9. The number of aryl methyl sites for hydroxylation is 2. The molecule has 132 valence electrons. The highest BCUT2D eigenvalue weighted by atomic mass is 32.2. The zero-order chi connectivity index (χ0) is 18.0. The largest absolute Gasteiger partial charge is 0.260 e. The number of thiophene rings is 1. The van der Waals surface area contributed by atoms with E-state index in [0.717, 1.165) is 22.3 Å². The number of sulfonamides is 1. The van der Waals surface area contributed by atoms with Gasteiger partial charge < -0.3 is 0 Å². The lowest BCUT2D eigenvalue weighted by molar-refractivity contribution is 0.497. The van der Waals surface area contributed by atoms with Crippen LogP contribution in [-0.2, 0) is 10.0 Å².